The van der Waals surface area contributed by atoms with Gasteiger partial charge in [-0.25, -0.2) is 4.98 Å². The minimum atomic E-state index is -0.699. The van der Waals surface area contributed by atoms with Crippen LogP contribution in [0.25, 0.3) is 32.5 Å². The van der Waals surface area contributed by atoms with Gasteiger partial charge in [-0.1, -0.05) is 0 Å². The molecule has 4 aromatic heterocycles. The number of aromatic nitrogens is 6. The minimum absolute atomic E-state index is 0.281. The van der Waals surface area contributed by atoms with Crippen molar-refractivity contribution < 1.29 is 9.53 Å². The molecule has 0 saturated heterocycles. The summed E-state index contributed by atoms with van der Waals surface area (Å²) in [5.41, 5.74) is 1.94. The van der Waals surface area contributed by atoms with Gasteiger partial charge in [-0.3, -0.25) is 24.8 Å². The lowest BCUT2D eigenvalue weighted by molar-refractivity contribution is 0.102. The molecule has 0 aliphatic carbocycles. The summed E-state index contributed by atoms with van der Waals surface area (Å²) < 4.78 is 8.68. The molecule has 35 heavy (non-hydrogen) atoms. The van der Waals surface area contributed by atoms with Crippen molar-refractivity contribution >= 4 is 45.3 Å². The van der Waals surface area contributed by atoms with E-state index in [0.29, 0.717) is 53.6 Å². The minimum Gasteiger partial charge on any atom is -0.382 e. The van der Waals surface area contributed by atoms with Crippen LogP contribution in [0.4, 0.5) is 5.95 Å². The number of hydrogen-bond donors (Lipinski definition) is 3. The molecule has 12 heteroatoms. The molecule has 0 aliphatic heterocycles. The summed E-state index contributed by atoms with van der Waals surface area (Å²) in [5.74, 6) is 0.0962. The Bertz CT molecular complexity index is 1640. The highest BCUT2D eigenvalue weighted by molar-refractivity contribution is 7.17. The third kappa shape index (κ3) is 4.29. The van der Waals surface area contributed by atoms with Crippen molar-refractivity contribution in [3.05, 3.63) is 62.2 Å². The molecule has 180 valence electrons. The van der Waals surface area contributed by atoms with Crippen LogP contribution in [-0.2, 0) is 18.3 Å². The number of hydrogen-bond acceptors (Lipinski definition) is 7. The maximum absolute atomic E-state index is 13.1. The van der Waals surface area contributed by atoms with E-state index in [4.69, 9.17) is 4.74 Å². The molecule has 0 radical (unpaired) electrons. The van der Waals surface area contributed by atoms with Gasteiger partial charge in [0.2, 0.25) is 5.95 Å². The molecule has 11 nitrogen and oxygen atoms in total. The highest BCUT2D eigenvalue weighted by atomic mass is 32.1. The third-order valence-electron chi connectivity index (χ3n) is 5.69. The Balaban J connectivity index is 1.54. The van der Waals surface area contributed by atoms with Gasteiger partial charge in [-0.2, -0.15) is 5.10 Å². The maximum atomic E-state index is 13.1. The second-order valence-corrected chi connectivity index (χ2v) is 9.00. The number of carbonyl (C=O) groups excluding carboxylic acids is 1. The highest BCUT2D eigenvalue weighted by Gasteiger charge is 2.18. The summed E-state index contributed by atoms with van der Waals surface area (Å²) >= 11 is 1.36. The van der Waals surface area contributed by atoms with Gasteiger partial charge in [0.05, 0.1) is 33.1 Å². The first kappa shape index (κ1) is 22.7. The van der Waals surface area contributed by atoms with Gasteiger partial charge in [0, 0.05) is 43.4 Å². The molecule has 0 bridgehead atoms. The molecule has 0 aliphatic rings. The molecule has 0 unspecified atom stereocenters. The number of aryl methyl sites for hydroxylation is 2. The number of imidazole rings is 1. The van der Waals surface area contributed by atoms with E-state index in [2.05, 4.69) is 25.5 Å². The monoisotopic (exact) mass is 493 g/mol. The van der Waals surface area contributed by atoms with Crippen LogP contribution in [0, 0.1) is 0 Å². The molecule has 0 spiro atoms. The van der Waals surface area contributed by atoms with Crippen molar-refractivity contribution in [1.29, 1.82) is 0 Å². The Morgan fingerprint density at radius 1 is 1.23 bits per heavy atom. The lowest BCUT2D eigenvalue weighted by Crippen LogP contribution is -2.34. The summed E-state index contributed by atoms with van der Waals surface area (Å²) in [4.78, 5) is 45.9. The zero-order valence-corrected chi connectivity index (χ0v) is 19.9. The number of nitrogens with one attached hydrogen (secondary N) is 3. The summed E-state index contributed by atoms with van der Waals surface area (Å²) in [6.45, 7) is 3.65. The van der Waals surface area contributed by atoms with Crippen molar-refractivity contribution in [2.75, 3.05) is 18.5 Å². The normalized spacial score (nSPS) is 11.5. The van der Waals surface area contributed by atoms with E-state index in [0.717, 1.165) is 16.0 Å². The van der Waals surface area contributed by atoms with Gasteiger partial charge >= 0.3 is 11.1 Å². The zero-order chi connectivity index (χ0) is 24.5. The van der Waals surface area contributed by atoms with E-state index < -0.39 is 11.1 Å². The van der Waals surface area contributed by atoms with Gasteiger partial charge in [-0.05, 0) is 37.6 Å². The van der Waals surface area contributed by atoms with Gasteiger partial charge in [0.25, 0.3) is 5.91 Å². The van der Waals surface area contributed by atoms with Crippen LogP contribution in [0.3, 0.4) is 0 Å². The summed E-state index contributed by atoms with van der Waals surface area (Å²) in [6.07, 6.45) is 4.18. The predicted molar refractivity (Wildman–Crippen MR) is 134 cm³/mol. The first-order valence-electron chi connectivity index (χ1n) is 11.1. The van der Waals surface area contributed by atoms with Gasteiger partial charge in [0.15, 0.2) is 0 Å². The van der Waals surface area contributed by atoms with Crippen molar-refractivity contribution in [3.8, 4) is 10.4 Å². The van der Waals surface area contributed by atoms with Gasteiger partial charge in [0.1, 0.15) is 0 Å². The largest absolute Gasteiger partial charge is 0.382 e. The number of amides is 1. The van der Waals surface area contributed by atoms with Crippen LogP contribution in [0.1, 0.15) is 23.0 Å². The van der Waals surface area contributed by atoms with Crippen LogP contribution in [-0.4, -0.2) is 48.4 Å². The lowest BCUT2D eigenvalue weighted by atomic mass is 10.2. The first-order chi connectivity index (χ1) is 17.0. The SMILES string of the molecule is CCOCCCn1c(NC(=O)c2ccc(-c3cn[nH]c3)s2)nc2cc3[nH]c(=O)c(=O)n(C)c3cc21. The molecule has 5 rings (SSSR count). The highest BCUT2D eigenvalue weighted by Crippen LogP contribution is 2.29. The van der Waals surface area contributed by atoms with E-state index >= 15 is 0 Å². The van der Waals surface area contributed by atoms with Crippen molar-refractivity contribution in [2.45, 2.75) is 19.9 Å². The summed E-state index contributed by atoms with van der Waals surface area (Å²) in [5, 5.41) is 9.65. The number of ether oxygens (including phenoxy) is 1. The molecule has 0 atom stereocenters. The number of H-pyrrole nitrogens is 2. The standard InChI is InChI=1S/C23H23N7O4S/c1-3-34-8-4-7-30-17-10-16-14(26-21(32)22(33)29(16)2)9-15(17)27-23(30)28-20(31)19-6-5-18(35-19)13-11-24-25-12-13/h5-6,9-12H,3-4,7-8H2,1-2H3,(H,24,25)(H,26,32)(H,27,28,31). The molecular formula is C23H23N7O4S. The Morgan fingerprint density at radius 3 is 2.86 bits per heavy atom. The van der Waals surface area contributed by atoms with Crippen LogP contribution in [0.2, 0.25) is 0 Å². The van der Waals surface area contributed by atoms with Crippen molar-refractivity contribution in [1.82, 2.24) is 29.3 Å². The molecule has 1 amide bonds. The number of carbonyl (C=O) groups is 1. The molecule has 5 aromatic rings. The number of aromatic amines is 2. The van der Waals surface area contributed by atoms with Crippen molar-refractivity contribution in [2.24, 2.45) is 7.05 Å². The van der Waals surface area contributed by atoms with E-state index in [1.807, 2.05) is 17.6 Å². The molecular weight excluding hydrogens is 470 g/mol. The average Bonchev–Trinajstić information content (AvgIpc) is 3.60. The third-order valence-corrected chi connectivity index (χ3v) is 6.82. The average molecular weight is 494 g/mol. The topological polar surface area (TPSA) is 140 Å². The Morgan fingerprint density at radius 2 is 2.09 bits per heavy atom. The molecule has 4 heterocycles. The van der Waals surface area contributed by atoms with Gasteiger partial charge in [-0.15, -0.1) is 11.3 Å². The fourth-order valence-corrected chi connectivity index (χ4v) is 4.81. The fourth-order valence-electron chi connectivity index (χ4n) is 3.93. The van der Waals surface area contributed by atoms with E-state index in [9.17, 15) is 14.4 Å². The van der Waals surface area contributed by atoms with Crippen LogP contribution in [0.15, 0.2) is 46.2 Å². The summed E-state index contributed by atoms with van der Waals surface area (Å²) in [6, 6.07) is 7.15. The van der Waals surface area contributed by atoms with Crippen molar-refractivity contribution in [3.63, 3.8) is 0 Å². The molecule has 1 aromatic carbocycles. The van der Waals surface area contributed by atoms with E-state index in [1.54, 1.807) is 37.6 Å². The fraction of sp³-hybridized carbons (Fsp3) is 0.261. The second kappa shape index (κ2) is 9.31. The molecule has 3 N–H and O–H groups in total. The Hall–Kier alpha value is -4.03. The Labute approximate surface area is 202 Å². The van der Waals surface area contributed by atoms with Crippen LogP contribution >= 0.6 is 11.3 Å². The number of rotatable bonds is 8. The summed E-state index contributed by atoms with van der Waals surface area (Å²) in [7, 11) is 1.55. The smallest absolute Gasteiger partial charge is 0.316 e. The quantitative estimate of drug-likeness (QED) is 0.224. The molecule has 0 saturated carbocycles. The molecule has 0 fully saturated rings. The van der Waals surface area contributed by atoms with E-state index in [1.165, 1.54) is 15.9 Å². The number of anilines is 1. The van der Waals surface area contributed by atoms with Crippen LogP contribution < -0.4 is 16.4 Å². The second-order valence-electron chi connectivity index (χ2n) is 7.92. The number of fused-ring (bicyclic) bond motifs is 2. The number of nitrogens with zero attached hydrogens (tertiary/aromatic N) is 4. The number of thiophene rings is 1. The lowest BCUT2D eigenvalue weighted by Gasteiger charge is -2.10. The van der Waals surface area contributed by atoms with Gasteiger partial charge < -0.3 is 18.9 Å². The first-order valence-corrected chi connectivity index (χ1v) is 11.9. The predicted octanol–water partition coefficient (Wildman–Crippen LogP) is 2.71. The maximum Gasteiger partial charge on any atom is 0.316 e. The van der Waals surface area contributed by atoms with Crippen LogP contribution in [0.5, 0.6) is 0 Å². The zero-order valence-electron chi connectivity index (χ0n) is 19.1. The number of benzene rings is 1. The van der Waals surface area contributed by atoms with E-state index in [-0.39, 0.29) is 5.91 Å². The Kier molecular flexibility index (Phi) is 6.05.